The van der Waals surface area contributed by atoms with E-state index < -0.39 is 23.2 Å². The van der Waals surface area contributed by atoms with E-state index in [0.29, 0.717) is 43.3 Å². The fraction of sp³-hybridized carbons (Fsp3) is 0.345. The molecule has 3 heterocycles. The minimum Gasteiger partial charge on any atom is -0.382 e. The number of halogens is 3. The van der Waals surface area contributed by atoms with Gasteiger partial charge in [-0.25, -0.2) is 9.98 Å². The maximum atomic E-state index is 13.1. The molecule has 1 atom stereocenters. The number of ether oxygens (including phenoxy) is 2. The molecule has 13 heteroatoms. The summed E-state index contributed by atoms with van der Waals surface area (Å²) in [7, 11) is 0. The zero-order chi connectivity index (χ0) is 29.9. The van der Waals surface area contributed by atoms with Gasteiger partial charge in [-0.05, 0) is 44.2 Å². The molecule has 222 valence electrons. The largest absolute Gasteiger partial charge is 0.416 e. The molecule has 1 aliphatic carbocycles. The summed E-state index contributed by atoms with van der Waals surface area (Å²) in [5.41, 5.74) is 8.62. The molecule has 1 saturated heterocycles. The van der Waals surface area contributed by atoms with Crippen LogP contribution >= 0.6 is 0 Å². The number of amides is 1. The second-order valence-electron chi connectivity index (χ2n) is 10.1. The predicted molar refractivity (Wildman–Crippen MR) is 152 cm³/mol. The Hall–Kier alpha value is -4.20. The summed E-state index contributed by atoms with van der Waals surface area (Å²) < 4.78 is 50.8. The van der Waals surface area contributed by atoms with E-state index in [-0.39, 0.29) is 17.2 Å². The fourth-order valence-electron chi connectivity index (χ4n) is 4.71. The molecule has 0 bridgehead atoms. The van der Waals surface area contributed by atoms with Gasteiger partial charge in [-0.3, -0.25) is 9.69 Å². The Balaban J connectivity index is 1.34. The summed E-state index contributed by atoms with van der Waals surface area (Å²) in [5, 5.41) is 9.17. The molecule has 2 aliphatic heterocycles. The van der Waals surface area contributed by atoms with Crippen LogP contribution in [0.15, 0.2) is 77.0 Å². The number of benzene rings is 1. The third-order valence-corrected chi connectivity index (χ3v) is 6.98. The number of nitrogens with one attached hydrogen (secondary N) is 3. The molecule has 5 rings (SSSR count). The zero-order valence-electron chi connectivity index (χ0n) is 23.2. The van der Waals surface area contributed by atoms with Crippen molar-refractivity contribution < 1.29 is 27.4 Å². The number of nitrogens with two attached hydrogens (primary N) is 1. The normalized spacial score (nSPS) is 21.6. The topological polar surface area (TPSA) is 126 Å². The third-order valence-electron chi connectivity index (χ3n) is 6.98. The van der Waals surface area contributed by atoms with Gasteiger partial charge in [-0.2, -0.15) is 13.2 Å². The standard InChI is InChI=1S/C29H32F3N7O3/c1-3-41-12-10-39-11-13-42-28(17-39)15-22(28)37-24(25-26(33)35-16-18(2)36-25)19-4-6-20(7-5-19)27(40)38-23-14-21(8-9-34-23)29(30,31)32/h4-9,14-16,36-37H,3,10-13,17H2,1-2H3,(H2,33,35)(H,34,38,40)/b25-24-. The summed E-state index contributed by atoms with van der Waals surface area (Å²) in [6.07, 6.45) is 0.110. The van der Waals surface area contributed by atoms with Crippen molar-refractivity contribution in [3.05, 3.63) is 88.7 Å². The van der Waals surface area contributed by atoms with Gasteiger partial charge in [0.1, 0.15) is 23.0 Å². The Morgan fingerprint density at radius 1 is 1.21 bits per heavy atom. The van der Waals surface area contributed by atoms with Gasteiger partial charge in [0.25, 0.3) is 5.91 Å². The summed E-state index contributed by atoms with van der Waals surface area (Å²) in [6, 6.07) is 8.21. The number of allylic oxidation sites excluding steroid dienone is 1. The number of hydrogen-bond donors (Lipinski definition) is 4. The minimum atomic E-state index is -4.55. The SMILES string of the molecule is CCOCCN1CCOC2(C=C2N/C(=C2\NC(C)=CN=C2N)c2ccc(C(=O)Nc3cc(C(F)(F)F)ccn3)cc2)C1. The molecule has 1 unspecified atom stereocenters. The molecule has 5 N–H and O–H groups in total. The molecule has 0 saturated carbocycles. The van der Waals surface area contributed by atoms with E-state index in [0.717, 1.165) is 42.8 Å². The Morgan fingerprint density at radius 3 is 2.71 bits per heavy atom. The van der Waals surface area contributed by atoms with E-state index in [1.807, 2.05) is 19.9 Å². The first-order chi connectivity index (χ1) is 20.1. The number of carbonyl (C=O) groups is 1. The highest BCUT2D eigenvalue weighted by atomic mass is 19.4. The number of aromatic nitrogens is 1. The van der Waals surface area contributed by atoms with Gasteiger partial charge in [0.15, 0.2) is 0 Å². The molecule has 42 heavy (non-hydrogen) atoms. The van der Waals surface area contributed by atoms with E-state index in [2.05, 4.69) is 30.8 Å². The lowest BCUT2D eigenvalue weighted by Crippen LogP contribution is -2.48. The first kappa shape index (κ1) is 29.3. The molecule has 1 fully saturated rings. The van der Waals surface area contributed by atoms with Gasteiger partial charge in [-0.1, -0.05) is 12.1 Å². The van der Waals surface area contributed by atoms with Crippen LogP contribution in [0.25, 0.3) is 5.70 Å². The van der Waals surface area contributed by atoms with Crippen molar-refractivity contribution >= 4 is 23.3 Å². The zero-order valence-corrected chi connectivity index (χ0v) is 23.2. The van der Waals surface area contributed by atoms with Crippen LogP contribution in [0, 0.1) is 0 Å². The lowest BCUT2D eigenvalue weighted by atomic mass is 10.1. The molecule has 10 nitrogen and oxygen atoms in total. The number of morpholine rings is 1. The number of anilines is 1. The first-order valence-electron chi connectivity index (χ1n) is 13.5. The van der Waals surface area contributed by atoms with Crippen LogP contribution in [-0.4, -0.2) is 66.7 Å². The van der Waals surface area contributed by atoms with Crippen molar-refractivity contribution in [3.63, 3.8) is 0 Å². The number of nitrogens with zero attached hydrogens (tertiary/aromatic N) is 3. The van der Waals surface area contributed by atoms with Crippen molar-refractivity contribution in [2.24, 2.45) is 10.7 Å². The van der Waals surface area contributed by atoms with Crippen molar-refractivity contribution in [2.45, 2.75) is 25.6 Å². The molecule has 0 radical (unpaired) electrons. The van der Waals surface area contributed by atoms with E-state index >= 15 is 0 Å². The molecule has 3 aliphatic rings. The number of rotatable bonds is 9. The van der Waals surface area contributed by atoms with Crippen molar-refractivity contribution in [3.8, 4) is 0 Å². The van der Waals surface area contributed by atoms with Crippen LogP contribution in [0.4, 0.5) is 19.0 Å². The van der Waals surface area contributed by atoms with Gasteiger partial charge in [0.05, 0.1) is 30.2 Å². The second-order valence-corrected chi connectivity index (χ2v) is 10.1. The predicted octanol–water partition coefficient (Wildman–Crippen LogP) is 3.44. The van der Waals surface area contributed by atoms with Crippen molar-refractivity contribution in [2.75, 3.05) is 44.8 Å². The average molecular weight is 584 g/mol. The number of amidine groups is 1. The monoisotopic (exact) mass is 583 g/mol. The van der Waals surface area contributed by atoms with Crippen LogP contribution in [0.3, 0.4) is 0 Å². The smallest absolute Gasteiger partial charge is 0.382 e. The van der Waals surface area contributed by atoms with Crippen LogP contribution in [0.1, 0.15) is 35.3 Å². The number of hydrogen-bond acceptors (Lipinski definition) is 9. The van der Waals surface area contributed by atoms with Gasteiger partial charge in [0, 0.05) is 55.5 Å². The Kier molecular flexibility index (Phi) is 8.34. The highest BCUT2D eigenvalue weighted by Crippen LogP contribution is 2.41. The van der Waals surface area contributed by atoms with Crippen LogP contribution in [-0.2, 0) is 15.7 Å². The van der Waals surface area contributed by atoms with Gasteiger partial charge in [0.2, 0.25) is 0 Å². The molecule has 2 aromatic rings. The fourth-order valence-corrected chi connectivity index (χ4v) is 4.71. The maximum absolute atomic E-state index is 13.1. The molecule has 1 aromatic carbocycles. The second kappa shape index (κ2) is 12.0. The lowest BCUT2D eigenvalue weighted by Gasteiger charge is -2.34. The van der Waals surface area contributed by atoms with E-state index in [9.17, 15) is 18.0 Å². The first-order valence-corrected chi connectivity index (χ1v) is 13.5. The van der Waals surface area contributed by atoms with E-state index in [4.69, 9.17) is 15.2 Å². The highest BCUT2D eigenvalue weighted by molar-refractivity contribution is 6.06. The van der Waals surface area contributed by atoms with E-state index in [1.54, 1.807) is 30.5 Å². The Morgan fingerprint density at radius 2 is 1.98 bits per heavy atom. The molecule has 1 spiro atoms. The number of pyridine rings is 1. The average Bonchev–Trinajstić information content (AvgIpc) is 3.62. The summed E-state index contributed by atoms with van der Waals surface area (Å²) >= 11 is 0. The number of alkyl halides is 3. The molecule has 1 amide bonds. The van der Waals surface area contributed by atoms with E-state index in [1.165, 1.54) is 0 Å². The summed E-state index contributed by atoms with van der Waals surface area (Å²) in [5.74, 6) is -0.522. The Bertz CT molecular complexity index is 1470. The van der Waals surface area contributed by atoms with Crippen LogP contribution < -0.4 is 21.7 Å². The van der Waals surface area contributed by atoms with Crippen molar-refractivity contribution in [1.82, 2.24) is 20.5 Å². The number of carbonyl (C=O) groups excluding carboxylic acids is 1. The quantitative estimate of drug-likeness (QED) is 0.331. The molecular weight excluding hydrogens is 551 g/mol. The lowest BCUT2D eigenvalue weighted by molar-refractivity contribution is -0.137. The summed E-state index contributed by atoms with van der Waals surface area (Å²) in [6.45, 7) is 8.03. The maximum Gasteiger partial charge on any atom is 0.416 e. The minimum absolute atomic E-state index is 0.199. The summed E-state index contributed by atoms with van der Waals surface area (Å²) in [4.78, 5) is 23.2. The molecular formula is C29H32F3N7O3. The van der Waals surface area contributed by atoms with Crippen LogP contribution in [0.2, 0.25) is 0 Å². The van der Waals surface area contributed by atoms with Gasteiger partial charge >= 0.3 is 6.18 Å². The van der Waals surface area contributed by atoms with Gasteiger partial charge in [-0.15, -0.1) is 0 Å². The van der Waals surface area contributed by atoms with Crippen LogP contribution in [0.5, 0.6) is 0 Å². The van der Waals surface area contributed by atoms with Gasteiger partial charge < -0.3 is 31.2 Å². The Labute approximate surface area is 241 Å². The highest BCUT2D eigenvalue weighted by Gasteiger charge is 2.49. The number of aliphatic imine (C=N–C) groups is 1. The van der Waals surface area contributed by atoms with Crippen molar-refractivity contribution in [1.29, 1.82) is 0 Å². The molecule has 1 aromatic heterocycles. The third kappa shape index (κ3) is 6.64.